The topological polar surface area (TPSA) is 79.8 Å². The van der Waals surface area contributed by atoms with Gasteiger partial charge in [-0.2, -0.15) is 0 Å². The van der Waals surface area contributed by atoms with E-state index in [1.807, 2.05) is 13.0 Å². The van der Waals surface area contributed by atoms with Gasteiger partial charge < -0.3 is 8.94 Å². The number of aryl methyl sites for hydroxylation is 1. The maximum Gasteiger partial charge on any atom is 0.275 e. The van der Waals surface area contributed by atoms with Gasteiger partial charge in [0.15, 0.2) is 5.76 Å². The van der Waals surface area contributed by atoms with Gasteiger partial charge in [0.2, 0.25) is 5.09 Å². The van der Waals surface area contributed by atoms with E-state index >= 15 is 0 Å². The Morgan fingerprint density at radius 2 is 2.17 bits per heavy atom. The summed E-state index contributed by atoms with van der Waals surface area (Å²) < 4.78 is 36.2. The molecule has 1 aliphatic heterocycles. The largest absolute Gasteiger partial charge is 0.447 e. The van der Waals surface area contributed by atoms with Crippen LogP contribution in [-0.2, 0) is 16.6 Å². The molecule has 0 amide bonds. The number of aromatic nitrogens is 1. The maximum atomic E-state index is 12.1. The molecule has 23 heavy (non-hydrogen) atoms. The number of furan rings is 1. The Morgan fingerprint density at radius 1 is 1.39 bits per heavy atom. The molecule has 3 heterocycles. The van der Waals surface area contributed by atoms with Crippen molar-refractivity contribution in [1.82, 2.24) is 14.4 Å². The molecule has 7 nitrogen and oxygen atoms in total. The molecule has 0 spiro atoms. The van der Waals surface area contributed by atoms with E-state index in [0.717, 1.165) is 35.1 Å². The fourth-order valence-electron chi connectivity index (χ4n) is 2.84. The monoisotopic (exact) mass is 339 g/mol. The molecule has 1 saturated heterocycles. The summed E-state index contributed by atoms with van der Waals surface area (Å²) in [5, 5.41) is 3.92. The van der Waals surface area contributed by atoms with Crippen LogP contribution in [0.2, 0.25) is 0 Å². The molecule has 1 atom stereocenters. The average molecular weight is 339 g/mol. The van der Waals surface area contributed by atoms with Crippen molar-refractivity contribution in [2.75, 3.05) is 20.6 Å². The smallest absolute Gasteiger partial charge is 0.275 e. The van der Waals surface area contributed by atoms with Gasteiger partial charge in [0.1, 0.15) is 5.76 Å². The zero-order valence-corrected chi connectivity index (χ0v) is 14.3. The van der Waals surface area contributed by atoms with Gasteiger partial charge in [-0.1, -0.05) is 5.16 Å². The van der Waals surface area contributed by atoms with Crippen molar-refractivity contribution in [3.05, 3.63) is 35.4 Å². The highest BCUT2D eigenvalue weighted by molar-refractivity contribution is 7.88. The first-order valence-corrected chi connectivity index (χ1v) is 9.00. The summed E-state index contributed by atoms with van der Waals surface area (Å²) in [5.41, 5.74) is 0.865. The SMILES string of the molecule is Cc1cc([C@H]2CCCN2Cc2ccc(S(=O)(=O)N(C)C)o2)on1. The number of sulfonamides is 1. The second kappa shape index (κ2) is 6.10. The summed E-state index contributed by atoms with van der Waals surface area (Å²) in [5.74, 6) is 1.49. The lowest BCUT2D eigenvalue weighted by molar-refractivity contribution is 0.189. The highest BCUT2D eigenvalue weighted by atomic mass is 32.2. The van der Waals surface area contributed by atoms with Gasteiger partial charge >= 0.3 is 0 Å². The van der Waals surface area contributed by atoms with Crippen LogP contribution in [0, 0.1) is 6.92 Å². The molecule has 3 rings (SSSR count). The third-order valence-corrected chi connectivity index (χ3v) is 5.76. The van der Waals surface area contributed by atoms with Gasteiger partial charge in [0.05, 0.1) is 18.3 Å². The Labute approximate surface area is 135 Å². The Balaban J connectivity index is 1.76. The fraction of sp³-hybridized carbons (Fsp3) is 0.533. The Morgan fingerprint density at radius 3 is 2.83 bits per heavy atom. The lowest BCUT2D eigenvalue weighted by atomic mass is 10.1. The van der Waals surface area contributed by atoms with Crippen LogP contribution >= 0.6 is 0 Å². The number of rotatable bonds is 5. The number of hydrogen-bond acceptors (Lipinski definition) is 6. The zero-order valence-electron chi connectivity index (χ0n) is 13.5. The summed E-state index contributed by atoms with van der Waals surface area (Å²) in [7, 11) is -0.560. The highest BCUT2D eigenvalue weighted by Gasteiger charge is 2.30. The van der Waals surface area contributed by atoms with Gasteiger partial charge in [-0.25, -0.2) is 12.7 Å². The molecule has 0 aliphatic carbocycles. The molecule has 126 valence electrons. The van der Waals surface area contributed by atoms with Gasteiger partial charge in [-0.15, -0.1) is 0 Å². The third kappa shape index (κ3) is 3.19. The van der Waals surface area contributed by atoms with Crippen LogP contribution in [0.5, 0.6) is 0 Å². The van der Waals surface area contributed by atoms with Crippen molar-refractivity contribution in [2.24, 2.45) is 0 Å². The number of likely N-dealkylation sites (tertiary alicyclic amines) is 1. The van der Waals surface area contributed by atoms with Crippen LogP contribution in [0.4, 0.5) is 0 Å². The van der Waals surface area contributed by atoms with Gasteiger partial charge in [0.25, 0.3) is 10.0 Å². The molecular formula is C15H21N3O4S. The van der Waals surface area contributed by atoms with Crippen molar-refractivity contribution in [1.29, 1.82) is 0 Å². The van der Waals surface area contributed by atoms with E-state index in [9.17, 15) is 8.42 Å². The first-order valence-electron chi connectivity index (χ1n) is 7.56. The number of hydrogen-bond donors (Lipinski definition) is 0. The van der Waals surface area contributed by atoms with Crippen LogP contribution in [0.3, 0.4) is 0 Å². The van der Waals surface area contributed by atoms with Crippen LogP contribution in [0.25, 0.3) is 0 Å². The van der Waals surface area contributed by atoms with Crippen molar-refractivity contribution >= 4 is 10.0 Å². The molecule has 8 heteroatoms. The van der Waals surface area contributed by atoms with E-state index in [0.29, 0.717) is 12.3 Å². The van der Waals surface area contributed by atoms with Crippen LogP contribution in [0.15, 0.2) is 32.2 Å². The Bertz CT molecular complexity index is 778. The predicted octanol–water partition coefficient (Wildman–Crippen LogP) is 2.16. The van der Waals surface area contributed by atoms with Crippen molar-refractivity contribution in [2.45, 2.75) is 37.4 Å². The summed E-state index contributed by atoms with van der Waals surface area (Å²) in [6.45, 7) is 3.37. The Kier molecular flexibility index (Phi) is 4.31. The summed E-state index contributed by atoms with van der Waals surface area (Å²) in [4.78, 5) is 2.23. The molecule has 0 radical (unpaired) electrons. The minimum atomic E-state index is -3.53. The van der Waals surface area contributed by atoms with E-state index in [4.69, 9.17) is 8.94 Å². The first kappa shape index (κ1) is 16.2. The third-order valence-electron chi connectivity index (χ3n) is 4.07. The molecule has 0 N–H and O–H groups in total. The normalized spacial score (nSPS) is 19.7. The second-order valence-electron chi connectivity index (χ2n) is 6.01. The molecule has 0 saturated carbocycles. The lowest BCUT2D eigenvalue weighted by Crippen LogP contribution is -2.22. The second-order valence-corrected chi connectivity index (χ2v) is 8.09. The lowest BCUT2D eigenvalue weighted by Gasteiger charge is -2.20. The minimum Gasteiger partial charge on any atom is -0.447 e. The summed E-state index contributed by atoms with van der Waals surface area (Å²) >= 11 is 0. The van der Waals surface area contributed by atoms with E-state index in [2.05, 4.69) is 10.1 Å². The van der Waals surface area contributed by atoms with Gasteiger partial charge in [0, 0.05) is 20.2 Å². The van der Waals surface area contributed by atoms with Crippen LogP contribution in [-0.4, -0.2) is 43.4 Å². The van der Waals surface area contributed by atoms with E-state index < -0.39 is 10.0 Å². The van der Waals surface area contributed by atoms with Crippen molar-refractivity contribution < 1.29 is 17.4 Å². The van der Waals surface area contributed by atoms with E-state index in [-0.39, 0.29) is 11.1 Å². The molecule has 0 aromatic carbocycles. The molecule has 1 aliphatic rings. The average Bonchev–Trinajstić information content (AvgIpc) is 3.19. The Hall–Kier alpha value is -1.64. The van der Waals surface area contributed by atoms with Crippen LogP contribution < -0.4 is 0 Å². The molecule has 0 bridgehead atoms. The molecule has 0 unspecified atom stereocenters. The standard InChI is InChI=1S/C15H21N3O4S/c1-11-9-14(22-16-11)13-5-4-8-18(13)10-12-6-7-15(21-12)23(19,20)17(2)3/h6-7,9,13H,4-5,8,10H2,1-3H3/t13-/m1/s1. The maximum absolute atomic E-state index is 12.1. The van der Waals surface area contributed by atoms with Gasteiger partial charge in [-0.3, -0.25) is 4.90 Å². The first-order chi connectivity index (χ1) is 10.9. The molecule has 2 aromatic rings. The van der Waals surface area contributed by atoms with E-state index in [1.54, 1.807) is 6.07 Å². The summed E-state index contributed by atoms with van der Waals surface area (Å²) in [6, 6.07) is 5.34. The predicted molar refractivity (Wildman–Crippen MR) is 83.2 cm³/mol. The highest BCUT2D eigenvalue weighted by Crippen LogP contribution is 2.33. The minimum absolute atomic E-state index is 0.0243. The van der Waals surface area contributed by atoms with Crippen molar-refractivity contribution in [3.63, 3.8) is 0 Å². The zero-order chi connectivity index (χ0) is 16.6. The number of nitrogens with zero attached hydrogens (tertiary/aromatic N) is 3. The summed E-state index contributed by atoms with van der Waals surface area (Å²) in [6.07, 6.45) is 2.06. The van der Waals surface area contributed by atoms with Gasteiger partial charge in [-0.05, 0) is 38.4 Å². The van der Waals surface area contributed by atoms with Crippen LogP contribution in [0.1, 0.15) is 36.1 Å². The van der Waals surface area contributed by atoms with E-state index in [1.165, 1.54) is 20.2 Å². The molecule has 1 fully saturated rings. The molecular weight excluding hydrogens is 318 g/mol. The molecule has 2 aromatic heterocycles. The quantitative estimate of drug-likeness (QED) is 0.830. The fourth-order valence-corrected chi connectivity index (χ4v) is 3.65. The van der Waals surface area contributed by atoms with Crippen molar-refractivity contribution in [3.8, 4) is 0 Å².